The molecular formula is C23H22Cl2N6O. The summed E-state index contributed by atoms with van der Waals surface area (Å²) in [5.41, 5.74) is 2.51. The molecule has 3 heterocycles. The Kier molecular flexibility index (Phi) is 5.53. The van der Waals surface area contributed by atoms with E-state index in [2.05, 4.69) is 26.2 Å². The van der Waals surface area contributed by atoms with E-state index in [-0.39, 0.29) is 5.56 Å². The lowest BCUT2D eigenvalue weighted by atomic mass is 10.1. The summed E-state index contributed by atoms with van der Waals surface area (Å²) >= 11 is 12.2. The predicted octanol–water partition coefficient (Wildman–Crippen LogP) is 4.01. The first-order valence-electron chi connectivity index (χ1n) is 10.4. The van der Waals surface area contributed by atoms with Crippen molar-refractivity contribution in [2.45, 2.75) is 13.1 Å². The van der Waals surface area contributed by atoms with E-state index in [9.17, 15) is 4.79 Å². The van der Waals surface area contributed by atoms with Gasteiger partial charge in [0, 0.05) is 53.7 Å². The fraction of sp³-hybridized carbons (Fsp3) is 0.261. The van der Waals surface area contributed by atoms with Gasteiger partial charge < -0.3 is 9.80 Å². The Morgan fingerprint density at radius 3 is 2.38 bits per heavy atom. The number of halogens is 2. The summed E-state index contributed by atoms with van der Waals surface area (Å²) in [5, 5.41) is 4.66. The molecule has 0 bridgehead atoms. The summed E-state index contributed by atoms with van der Waals surface area (Å²) in [5.74, 6) is 1.21. The molecule has 0 radical (unpaired) electrons. The summed E-state index contributed by atoms with van der Waals surface area (Å²) < 4.78 is 1.59. The number of guanidine groups is 1. The molecule has 1 fully saturated rings. The van der Waals surface area contributed by atoms with Gasteiger partial charge in [0.25, 0.3) is 5.56 Å². The molecule has 164 valence electrons. The van der Waals surface area contributed by atoms with Crippen molar-refractivity contribution in [2.24, 2.45) is 4.99 Å². The van der Waals surface area contributed by atoms with Gasteiger partial charge in [-0.15, -0.1) is 0 Å². The molecule has 1 aromatic heterocycles. The molecule has 0 unspecified atom stereocenters. The third-order valence-electron chi connectivity index (χ3n) is 5.71. The third kappa shape index (κ3) is 4.06. The molecule has 2 aliphatic heterocycles. The van der Waals surface area contributed by atoms with Crippen LogP contribution in [0.25, 0.3) is 0 Å². The predicted molar refractivity (Wildman–Crippen MR) is 129 cm³/mol. The van der Waals surface area contributed by atoms with Crippen LogP contribution in [0.2, 0.25) is 10.0 Å². The Labute approximate surface area is 195 Å². The lowest BCUT2D eigenvalue weighted by Crippen LogP contribution is -2.52. The first-order valence-corrected chi connectivity index (χ1v) is 11.2. The zero-order valence-corrected chi connectivity index (χ0v) is 19.0. The molecule has 2 aromatic carbocycles. The van der Waals surface area contributed by atoms with E-state index in [0.717, 1.165) is 42.5 Å². The minimum atomic E-state index is -0.509. The van der Waals surface area contributed by atoms with Gasteiger partial charge in [-0.25, -0.2) is 9.98 Å². The number of aromatic nitrogens is 2. The molecule has 2 aliphatic rings. The number of aryl methyl sites for hydroxylation is 1. The number of anilines is 2. The zero-order valence-electron chi connectivity index (χ0n) is 17.5. The van der Waals surface area contributed by atoms with E-state index < -0.39 is 6.17 Å². The minimum Gasteiger partial charge on any atom is -0.368 e. The normalized spacial score (nSPS) is 18.1. The van der Waals surface area contributed by atoms with Gasteiger partial charge in [0.1, 0.15) is 0 Å². The number of rotatable bonds is 2. The molecule has 0 saturated carbocycles. The Bertz CT molecular complexity index is 1230. The number of nitrogens with one attached hydrogen (secondary N) is 1. The summed E-state index contributed by atoms with van der Waals surface area (Å²) in [6, 6.07) is 16.8. The standard InChI is InChI=1S/C23H22Cl2N6O/c1-15-13-20(32)31-21(16-5-7-17(24)8-6-16)27-22(28-23(31)26-15)30-11-9-29(10-12-30)19-4-2-3-18(25)14-19/h2-8,13-14,21H,9-12H2,1H3,(H,26,27,28)/t21-/m0/s1. The number of benzene rings is 2. The van der Waals surface area contributed by atoms with Gasteiger partial charge in [-0.05, 0) is 42.8 Å². The molecule has 0 spiro atoms. The summed E-state index contributed by atoms with van der Waals surface area (Å²) in [6.07, 6.45) is -0.509. The monoisotopic (exact) mass is 468 g/mol. The number of fused-ring (bicyclic) bond motifs is 1. The largest absolute Gasteiger partial charge is 0.368 e. The van der Waals surface area contributed by atoms with Crippen LogP contribution >= 0.6 is 23.2 Å². The Balaban J connectivity index is 1.44. The highest BCUT2D eigenvalue weighted by molar-refractivity contribution is 6.31. The Morgan fingerprint density at radius 1 is 0.938 bits per heavy atom. The van der Waals surface area contributed by atoms with Crippen molar-refractivity contribution < 1.29 is 0 Å². The fourth-order valence-electron chi connectivity index (χ4n) is 4.10. The molecule has 9 heteroatoms. The maximum absolute atomic E-state index is 12.8. The maximum atomic E-state index is 12.8. The van der Waals surface area contributed by atoms with Crippen LogP contribution in [0.3, 0.4) is 0 Å². The van der Waals surface area contributed by atoms with Crippen molar-refractivity contribution >= 4 is 40.8 Å². The molecule has 32 heavy (non-hydrogen) atoms. The molecule has 1 atom stereocenters. The summed E-state index contributed by atoms with van der Waals surface area (Å²) in [6.45, 7) is 5.04. The second-order valence-corrected chi connectivity index (χ2v) is 8.76. The number of aliphatic imine (C=N–C) groups is 1. The SMILES string of the molecule is Cc1cc(=O)n2c(n1)NC(N1CCN(c3cccc(Cl)c3)CC1)=N[C@@H]2c1ccc(Cl)cc1. The first kappa shape index (κ1) is 20.8. The molecule has 5 rings (SSSR count). The van der Waals surface area contributed by atoms with Gasteiger partial charge >= 0.3 is 0 Å². The van der Waals surface area contributed by atoms with Crippen LogP contribution in [-0.2, 0) is 0 Å². The van der Waals surface area contributed by atoms with Crippen LogP contribution in [0.4, 0.5) is 11.6 Å². The fourth-order valence-corrected chi connectivity index (χ4v) is 4.42. The van der Waals surface area contributed by atoms with Gasteiger partial charge in [0.05, 0.1) is 0 Å². The van der Waals surface area contributed by atoms with Crippen molar-refractivity contribution in [3.05, 3.63) is 86.3 Å². The number of piperazine rings is 1. The van der Waals surface area contributed by atoms with Crippen LogP contribution in [0.1, 0.15) is 17.4 Å². The lowest BCUT2D eigenvalue weighted by Gasteiger charge is -2.39. The van der Waals surface area contributed by atoms with E-state index in [0.29, 0.717) is 22.6 Å². The molecule has 3 aromatic rings. The Hall–Kier alpha value is -3.03. The smallest absolute Gasteiger partial charge is 0.257 e. The van der Waals surface area contributed by atoms with Crippen molar-refractivity contribution in [1.82, 2.24) is 14.5 Å². The molecule has 7 nitrogen and oxygen atoms in total. The average Bonchev–Trinajstić information content (AvgIpc) is 2.79. The van der Waals surface area contributed by atoms with Crippen molar-refractivity contribution in [3.8, 4) is 0 Å². The van der Waals surface area contributed by atoms with E-state index in [1.807, 2.05) is 49.4 Å². The Morgan fingerprint density at radius 2 is 1.66 bits per heavy atom. The highest BCUT2D eigenvalue weighted by Gasteiger charge is 2.29. The van der Waals surface area contributed by atoms with E-state index in [4.69, 9.17) is 28.2 Å². The molecule has 0 aliphatic carbocycles. The van der Waals surface area contributed by atoms with Crippen molar-refractivity contribution in [2.75, 3.05) is 36.4 Å². The van der Waals surface area contributed by atoms with Crippen molar-refractivity contribution in [3.63, 3.8) is 0 Å². The highest BCUT2D eigenvalue weighted by Crippen LogP contribution is 2.28. The quantitative estimate of drug-likeness (QED) is 0.615. The topological polar surface area (TPSA) is 65.8 Å². The molecule has 1 N–H and O–H groups in total. The highest BCUT2D eigenvalue weighted by atomic mass is 35.5. The molecular weight excluding hydrogens is 447 g/mol. The van der Waals surface area contributed by atoms with E-state index >= 15 is 0 Å². The van der Waals surface area contributed by atoms with Gasteiger partial charge in [-0.1, -0.05) is 41.4 Å². The first-order chi connectivity index (χ1) is 15.5. The minimum absolute atomic E-state index is 0.145. The van der Waals surface area contributed by atoms with Gasteiger partial charge in [-0.3, -0.25) is 14.7 Å². The lowest BCUT2D eigenvalue weighted by molar-refractivity contribution is 0.376. The van der Waals surface area contributed by atoms with Crippen LogP contribution in [0.5, 0.6) is 0 Å². The van der Waals surface area contributed by atoms with Crippen LogP contribution in [0.15, 0.2) is 64.4 Å². The zero-order chi connectivity index (χ0) is 22.2. The van der Waals surface area contributed by atoms with Gasteiger partial charge in [0.2, 0.25) is 11.9 Å². The second-order valence-electron chi connectivity index (χ2n) is 7.89. The summed E-state index contributed by atoms with van der Waals surface area (Å²) in [7, 11) is 0. The molecule has 1 saturated heterocycles. The van der Waals surface area contributed by atoms with Crippen LogP contribution in [0, 0.1) is 6.92 Å². The van der Waals surface area contributed by atoms with Gasteiger partial charge in [-0.2, -0.15) is 0 Å². The summed E-state index contributed by atoms with van der Waals surface area (Å²) in [4.78, 5) is 26.8. The average molecular weight is 469 g/mol. The third-order valence-corrected chi connectivity index (χ3v) is 6.20. The number of hydrogen-bond donors (Lipinski definition) is 1. The van der Waals surface area contributed by atoms with E-state index in [1.54, 1.807) is 4.57 Å². The van der Waals surface area contributed by atoms with Crippen LogP contribution in [-0.4, -0.2) is 46.6 Å². The van der Waals surface area contributed by atoms with Gasteiger partial charge in [0.15, 0.2) is 6.17 Å². The maximum Gasteiger partial charge on any atom is 0.257 e. The molecule has 0 amide bonds. The second kappa shape index (κ2) is 8.48. The number of hydrogen-bond acceptors (Lipinski definition) is 6. The van der Waals surface area contributed by atoms with Crippen LogP contribution < -0.4 is 15.8 Å². The number of nitrogens with zero attached hydrogens (tertiary/aromatic N) is 5. The van der Waals surface area contributed by atoms with Crippen molar-refractivity contribution in [1.29, 1.82) is 0 Å². The van der Waals surface area contributed by atoms with E-state index in [1.165, 1.54) is 6.07 Å².